The van der Waals surface area contributed by atoms with E-state index in [9.17, 15) is 4.79 Å². The minimum absolute atomic E-state index is 0.394. The van der Waals surface area contributed by atoms with Gasteiger partial charge in [0.2, 0.25) is 0 Å². The first-order valence-corrected chi connectivity index (χ1v) is 4.54. The van der Waals surface area contributed by atoms with Crippen LogP contribution >= 0.6 is 11.6 Å². The van der Waals surface area contributed by atoms with Gasteiger partial charge in [-0.1, -0.05) is 6.07 Å². The molecule has 0 N–H and O–H groups in total. The van der Waals surface area contributed by atoms with Crippen LogP contribution in [0.1, 0.15) is 21.5 Å². The molecule has 0 aromatic heterocycles. The summed E-state index contributed by atoms with van der Waals surface area (Å²) in [5.41, 5.74) is 2.91. The zero-order valence-corrected chi connectivity index (χ0v) is 7.80. The van der Waals surface area contributed by atoms with Crippen molar-refractivity contribution >= 4 is 16.8 Å². The fourth-order valence-electron chi connectivity index (χ4n) is 1.49. The maximum atomic E-state index is 10.9. The fraction of sp³-hybridized carbons (Fsp3) is 0.300. The Morgan fingerprint density at radius 2 is 2.23 bits per heavy atom. The molecule has 0 fully saturated rings. The summed E-state index contributed by atoms with van der Waals surface area (Å²) in [5, 5.41) is -0.394. The van der Waals surface area contributed by atoms with Gasteiger partial charge in [-0.15, -0.1) is 0 Å². The normalized spacial score (nSPS) is 15.2. The van der Waals surface area contributed by atoms with E-state index in [0.717, 1.165) is 18.6 Å². The Hall–Kier alpha value is -0.860. The Morgan fingerprint density at radius 1 is 1.38 bits per heavy atom. The van der Waals surface area contributed by atoms with E-state index in [1.54, 1.807) is 6.07 Å². The molecular weight excluding hydrogens is 188 g/mol. The summed E-state index contributed by atoms with van der Waals surface area (Å²) >= 11 is 5.38. The molecule has 3 heteroatoms. The zero-order chi connectivity index (χ0) is 9.26. The number of fused-ring (bicyclic) bond motifs is 1. The van der Waals surface area contributed by atoms with E-state index >= 15 is 0 Å². The highest BCUT2D eigenvalue weighted by molar-refractivity contribution is 6.67. The van der Waals surface area contributed by atoms with Crippen LogP contribution in [0.2, 0.25) is 0 Å². The third kappa shape index (κ3) is 1.74. The van der Waals surface area contributed by atoms with Crippen LogP contribution in [0.5, 0.6) is 0 Å². The van der Waals surface area contributed by atoms with Gasteiger partial charge in [-0.25, -0.2) is 0 Å². The van der Waals surface area contributed by atoms with Crippen molar-refractivity contribution in [1.29, 1.82) is 0 Å². The van der Waals surface area contributed by atoms with Crippen LogP contribution in [0, 0.1) is 0 Å². The molecule has 0 aliphatic carbocycles. The lowest BCUT2D eigenvalue weighted by molar-refractivity contribution is 0.107. The number of carbonyl (C=O) groups excluding carboxylic acids is 1. The molecule has 1 aromatic carbocycles. The Labute approximate surface area is 81.5 Å². The molecule has 0 radical (unpaired) electrons. The first kappa shape index (κ1) is 8.73. The van der Waals surface area contributed by atoms with Gasteiger partial charge in [-0.2, -0.15) is 0 Å². The van der Waals surface area contributed by atoms with Gasteiger partial charge in [0.1, 0.15) is 0 Å². The average molecular weight is 197 g/mol. The van der Waals surface area contributed by atoms with Crippen molar-refractivity contribution in [3.63, 3.8) is 0 Å². The summed E-state index contributed by atoms with van der Waals surface area (Å²) in [6.07, 6.45) is 0.868. The molecule has 1 aliphatic heterocycles. The summed E-state index contributed by atoms with van der Waals surface area (Å²) in [5.74, 6) is 0. The van der Waals surface area contributed by atoms with E-state index in [4.69, 9.17) is 16.3 Å². The lowest BCUT2D eigenvalue weighted by Gasteiger charge is -2.16. The van der Waals surface area contributed by atoms with Crippen LogP contribution < -0.4 is 0 Å². The Bertz CT molecular complexity index is 347. The van der Waals surface area contributed by atoms with Crippen LogP contribution in [0.4, 0.5) is 0 Å². The smallest absolute Gasteiger partial charge is 0.252 e. The summed E-state index contributed by atoms with van der Waals surface area (Å²) in [4.78, 5) is 10.9. The second kappa shape index (κ2) is 3.48. The highest BCUT2D eigenvalue weighted by Gasteiger charge is 2.11. The largest absolute Gasteiger partial charge is 0.376 e. The monoisotopic (exact) mass is 196 g/mol. The molecule has 0 saturated heterocycles. The van der Waals surface area contributed by atoms with Gasteiger partial charge >= 0.3 is 0 Å². The number of hydrogen-bond donors (Lipinski definition) is 0. The first-order valence-electron chi connectivity index (χ1n) is 4.17. The molecule has 0 atom stereocenters. The number of hydrogen-bond acceptors (Lipinski definition) is 2. The van der Waals surface area contributed by atoms with E-state index < -0.39 is 5.24 Å². The molecule has 13 heavy (non-hydrogen) atoms. The number of benzene rings is 1. The molecule has 0 amide bonds. The molecule has 2 nitrogen and oxygen atoms in total. The number of halogens is 1. The van der Waals surface area contributed by atoms with Gasteiger partial charge < -0.3 is 4.74 Å². The molecule has 2 rings (SSSR count). The topological polar surface area (TPSA) is 26.3 Å². The molecular formula is C10H9ClO2. The minimum atomic E-state index is -0.394. The van der Waals surface area contributed by atoms with Crippen molar-refractivity contribution in [3.05, 3.63) is 34.9 Å². The molecule has 0 bridgehead atoms. The number of carbonyl (C=O) groups is 1. The van der Waals surface area contributed by atoms with Crippen LogP contribution in [0.15, 0.2) is 18.2 Å². The lowest BCUT2D eigenvalue weighted by atomic mass is 10.0. The average Bonchev–Trinajstić information content (AvgIpc) is 2.17. The van der Waals surface area contributed by atoms with Crippen LogP contribution in [-0.2, 0) is 17.8 Å². The third-order valence-corrected chi connectivity index (χ3v) is 2.42. The van der Waals surface area contributed by atoms with Crippen molar-refractivity contribution in [1.82, 2.24) is 0 Å². The third-order valence-electron chi connectivity index (χ3n) is 2.21. The van der Waals surface area contributed by atoms with Gasteiger partial charge in [0.15, 0.2) is 0 Å². The van der Waals surface area contributed by atoms with Gasteiger partial charge in [-0.05, 0) is 41.3 Å². The Morgan fingerprint density at radius 3 is 3.00 bits per heavy atom. The molecule has 0 spiro atoms. The fourth-order valence-corrected chi connectivity index (χ4v) is 1.60. The SMILES string of the molecule is O=C(Cl)c1ccc2c(c1)CCOC2. The zero-order valence-electron chi connectivity index (χ0n) is 7.05. The molecule has 0 unspecified atom stereocenters. The van der Waals surface area contributed by atoms with Gasteiger partial charge in [0.25, 0.3) is 5.24 Å². The van der Waals surface area contributed by atoms with Gasteiger partial charge in [0.05, 0.1) is 13.2 Å². The quantitative estimate of drug-likeness (QED) is 0.644. The highest BCUT2D eigenvalue weighted by Crippen LogP contribution is 2.19. The van der Waals surface area contributed by atoms with Crippen molar-refractivity contribution in [2.75, 3.05) is 6.61 Å². The highest BCUT2D eigenvalue weighted by atomic mass is 35.5. The summed E-state index contributed by atoms with van der Waals surface area (Å²) in [7, 11) is 0. The van der Waals surface area contributed by atoms with Crippen LogP contribution in [-0.4, -0.2) is 11.8 Å². The standard InChI is InChI=1S/C10H9ClO2/c11-10(12)8-1-2-9-6-13-4-3-7(9)5-8/h1-2,5H,3-4,6H2. The van der Waals surface area contributed by atoms with E-state index in [-0.39, 0.29) is 0 Å². The maximum absolute atomic E-state index is 10.9. The van der Waals surface area contributed by atoms with Gasteiger partial charge in [-0.3, -0.25) is 4.79 Å². The maximum Gasteiger partial charge on any atom is 0.252 e. The first-order chi connectivity index (χ1) is 6.27. The summed E-state index contributed by atoms with van der Waals surface area (Å²) < 4.78 is 5.28. The Balaban J connectivity index is 2.40. The lowest BCUT2D eigenvalue weighted by Crippen LogP contribution is -2.10. The molecule has 1 heterocycles. The summed E-state index contributed by atoms with van der Waals surface area (Å²) in [6, 6.07) is 5.50. The van der Waals surface area contributed by atoms with E-state index in [1.807, 2.05) is 12.1 Å². The minimum Gasteiger partial charge on any atom is -0.376 e. The molecule has 0 saturated carbocycles. The Kier molecular flexibility index (Phi) is 2.34. The van der Waals surface area contributed by atoms with Crippen molar-refractivity contribution in [2.45, 2.75) is 13.0 Å². The van der Waals surface area contributed by atoms with Gasteiger partial charge in [0, 0.05) is 5.56 Å². The second-order valence-corrected chi connectivity index (χ2v) is 3.40. The van der Waals surface area contributed by atoms with E-state index in [2.05, 4.69) is 0 Å². The van der Waals surface area contributed by atoms with Crippen molar-refractivity contribution < 1.29 is 9.53 Å². The predicted octanol–water partition coefficient (Wildman–Crippen LogP) is 2.14. The molecule has 68 valence electrons. The van der Waals surface area contributed by atoms with Crippen molar-refractivity contribution in [2.24, 2.45) is 0 Å². The van der Waals surface area contributed by atoms with E-state index in [1.165, 1.54) is 5.56 Å². The van der Waals surface area contributed by atoms with E-state index in [0.29, 0.717) is 12.2 Å². The number of rotatable bonds is 1. The predicted molar refractivity (Wildman–Crippen MR) is 50.0 cm³/mol. The van der Waals surface area contributed by atoms with Crippen LogP contribution in [0.3, 0.4) is 0 Å². The second-order valence-electron chi connectivity index (χ2n) is 3.06. The molecule has 1 aromatic rings. The van der Waals surface area contributed by atoms with Crippen molar-refractivity contribution in [3.8, 4) is 0 Å². The van der Waals surface area contributed by atoms with Crippen LogP contribution in [0.25, 0.3) is 0 Å². The summed E-state index contributed by atoms with van der Waals surface area (Å²) in [6.45, 7) is 1.37. The number of ether oxygens (including phenoxy) is 1. The molecule has 1 aliphatic rings.